The zero-order chi connectivity index (χ0) is 31.4. The number of anilines is 3. The number of benzene rings is 2. The number of carbonyl (C=O) groups excluding carboxylic acids is 2. The molecule has 2 amide bonds. The van der Waals surface area contributed by atoms with Gasteiger partial charge in [0.05, 0.1) is 52.7 Å². The van der Waals surface area contributed by atoms with Crippen molar-refractivity contribution in [2.75, 3.05) is 88.6 Å². The maximum Gasteiger partial charge on any atom is 0.273 e. The maximum absolute atomic E-state index is 14.3. The van der Waals surface area contributed by atoms with Gasteiger partial charge in [0.25, 0.3) is 11.8 Å². The lowest BCUT2D eigenvalue weighted by Crippen LogP contribution is -2.44. The third kappa shape index (κ3) is 6.96. The largest absolute Gasteiger partial charge is 0.396 e. The average molecular weight is 628 g/mol. The smallest absolute Gasteiger partial charge is 0.273 e. The van der Waals surface area contributed by atoms with Gasteiger partial charge >= 0.3 is 0 Å². The molecule has 236 valence electrons. The van der Waals surface area contributed by atoms with Crippen molar-refractivity contribution in [2.24, 2.45) is 0 Å². The first-order valence-corrected chi connectivity index (χ1v) is 15.2. The molecule has 2 saturated heterocycles. The van der Waals surface area contributed by atoms with Gasteiger partial charge in [-0.3, -0.25) is 14.5 Å². The third-order valence-corrected chi connectivity index (χ3v) is 8.69. The molecule has 0 bridgehead atoms. The summed E-state index contributed by atoms with van der Waals surface area (Å²) in [5.41, 5.74) is 8.77. The van der Waals surface area contributed by atoms with Crippen LogP contribution in [-0.4, -0.2) is 109 Å². The van der Waals surface area contributed by atoms with Crippen molar-refractivity contribution < 1.29 is 18.7 Å². The summed E-state index contributed by atoms with van der Waals surface area (Å²) in [6.07, 6.45) is 2.39. The zero-order valence-corrected chi connectivity index (χ0v) is 26.1. The summed E-state index contributed by atoms with van der Waals surface area (Å²) in [4.78, 5) is 33.1. The standard InChI is InChI=1S/C30H39ClFN9O3/c1-19-24(41-18-23(36-37-41)30(43)34-7-4-8-39-13-15-44-16-14-39)5-6-25(40-11-9-38(3)10-12-40)28(19)35-29(42)21-17-22(33)27(32)20(2)26(21)31/h5-6,17-18H,4,7-16,33H2,1-3H3,(H,34,43)(H,35,42). The Balaban J connectivity index is 1.37. The van der Waals surface area contributed by atoms with Crippen molar-refractivity contribution in [3.63, 3.8) is 0 Å². The van der Waals surface area contributed by atoms with Gasteiger partial charge in [-0.15, -0.1) is 5.10 Å². The predicted molar refractivity (Wildman–Crippen MR) is 169 cm³/mol. The second kappa shape index (κ2) is 13.9. The molecule has 3 aromatic rings. The van der Waals surface area contributed by atoms with E-state index in [9.17, 15) is 14.0 Å². The normalized spacial score (nSPS) is 16.2. The lowest BCUT2D eigenvalue weighted by molar-refractivity contribution is 0.0374. The molecule has 2 fully saturated rings. The Morgan fingerprint density at radius 3 is 2.48 bits per heavy atom. The molecule has 5 rings (SSSR count). The van der Waals surface area contributed by atoms with Crippen molar-refractivity contribution in [3.05, 3.63) is 57.6 Å². The number of nitrogens with two attached hydrogens (primary N) is 1. The second-order valence-corrected chi connectivity index (χ2v) is 11.6. The number of carbonyl (C=O) groups is 2. The van der Waals surface area contributed by atoms with Gasteiger partial charge in [0.15, 0.2) is 11.5 Å². The number of morpholine rings is 1. The molecular formula is C30H39ClFN9O3. The van der Waals surface area contributed by atoms with Crippen molar-refractivity contribution in [1.82, 2.24) is 30.1 Å². The van der Waals surface area contributed by atoms with Gasteiger partial charge in [0, 0.05) is 56.9 Å². The molecule has 12 nitrogen and oxygen atoms in total. The number of nitrogen functional groups attached to an aromatic ring is 1. The van der Waals surface area contributed by atoms with E-state index in [1.807, 2.05) is 19.1 Å². The van der Waals surface area contributed by atoms with Crippen LogP contribution in [-0.2, 0) is 4.74 Å². The number of hydrogen-bond acceptors (Lipinski definition) is 9. The zero-order valence-electron chi connectivity index (χ0n) is 25.3. The molecular weight excluding hydrogens is 589 g/mol. The highest BCUT2D eigenvalue weighted by Crippen LogP contribution is 2.35. The van der Waals surface area contributed by atoms with Crippen molar-refractivity contribution in [1.29, 1.82) is 0 Å². The lowest BCUT2D eigenvalue weighted by atomic mass is 10.1. The van der Waals surface area contributed by atoms with Crippen molar-refractivity contribution in [2.45, 2.75) is 20.3 Å². The van der Waals surface area contributed by atoms with Crippen LogP contribution in [0, 0.1) is 19.7 Å². The molecule has 0 unspecified atom stereocenters. The third-order valence-electron chi connectivity index (χ3n) is 8.20. The average Bonchev–Trinajstić information content (AvgIpc) is 3.52. The second-order valence-electron chi connectivity index (χ2n) is 11.2. The molecule has 0 aliphatic carbocycles. The first kappa shape index (κ1) is 31.6. The van der Waals surface area contributed by atoms with E-state index in [4.69, 9.17) is 22.1 Å². The van der Waals surface area contributed by atoms with Crippen LogP contribution in [0.1, 0.15) is 38.4 Å². The van der Waals surface area contributed by atoms with Crippen molar-refractivity contribution >= 4 is 40.5 Å². The number of hydrogen-bond donors (Lipinski definition) is 3. The first-order chi connectivity index (χ1) is 21.1. The summed E-state index contributed by atoms with van der Waals surface area (Å²) >= 11 is 6.38. The van der Waals surface area contributed by atoms with Crippen molar-refractivity contribution in [3.8, 4) is 5.69 Å². The number of nitrogens with one attached hydrogen (secondary N) is 2. The highest BCUT2D eigenvalue weighted by molar-refractivity contribution is 6.35. The summed E-state index contributed by atoms with van der Waals surface area (Å²) in [6, 6.07) is 5.06. The predicted octanol–water partition coefficient (Wildman–Crippen LogP) is 2.72. The van der Waals surface area contributed by atoms with Crippen LogP contribution in [0.4, 0.5) is 21.5 Å². The minimum atomic E-state index is -0.647. The van der Waals surface area contributed by atoms with Crippen LogP contribution in [0.3, 0.4) is 0 Å². The molecule has 0 spiro atoms. The van der Waals surface area contributed by atoms with Gasteiger partial charge < -0.3 is 30.9 Å². The number of piperazine rings is 1. The van der Waals surface area contributed by atoms with Crippen LogP contribution < -0.4 is 21.3 Å². The Bertz CT molecular complexity index is 1520. The Morgan fingerprint density at radius 1 is 1.05 bits per heavy atom. The number of aromatic nitrogens is 3. The Morgan fingerprint density at radius 2 is 1.75 bits per heavy atom. The quantitative estimate of drug-likeness (QED) is 0.242. The van der Waals surface area contributed by atoms with Crippen LogP contribution >= 0.6 is 11.6 Å². The minimum absolute atomic E-state index is 0.000954. The summed E-state index contributed by atoms with van der Waals surface area (Å²) in [5, 5.41) is 14.3. The van der Waals surface area contributed by atoms with E-state index in [0.717, 1.165) is 71.1 Å². The van der Waals surface area contributed by atoms with Gasteiger partial charge in [0.1, 0.15) is 0 Å². The number of halogens is 2. The van der Waals surface area contributed by atoms with Gasteiger partial charge in [-0.05, 0) is 52.1 Å². The monoisotopic (exact) mass is 627 g/mol. The van der Waals surface area contributed by atoms with Crippen LogP contribution in [0.2, 0.25) is 5.02 Å². The maximum atomic E-state index is 14.3. The molecule has 0 radical (unpaired) electrons. The fraction of sp³-hybridized carbons (Fsp3) is 0.467. The summed E-state index contributed by atoms with van der Waals surface area (Å²) in [6.45, 7) is 11.3. The van der Waals surface area contributed by atoms with E-state index in [1.165, 1.54) is 17.7 Å². The first-order valence-electron chi connectivity index (χ1n) is 14.8. The molecule has 2 aromatic carbocycles. The minimum Gasteiger partial charge on any atom is -0.396 e. The molecule has 2 aliphatic heterocycles. The van der Waals surface area contributed by atoms with E-state index < -0.39 is 11.7 Å². The van der Waals surface area contributed by atoms with Crippen LogP contribution in [0.15, 0.2) is 24.4 Å². The molecule has 4 N–H and O–H groups in total. The van der Waals surface area contributed by atoms with E-state index >= 15 is 0 Å². The van der Waals surface area contributed by atoms with E-state index in [0.29, 0.717) is 23.5 Å². The lowest BCUT2D eigenvalue weighted by Gasteiger charge is -2.35. The van der Waals surface area contributed by atoms with Gasteiger partial charge in [-0.2, -0.15) is 0 Å². The number of nitrogens with zero attached hydrogens (tertiary/aromatic N) is 6. The summed E-state index contributed by atoms with van der Waals surface area (Å²) in [5.74, 6) is -1.47. The van der Waals surface area contributed by atoms with Crippen LogP contribution in [0.5, 0.6) is 0 Å². The number of rotatable bonds is 9. The van der Waals surface area contributed by atoms with Gasteiger partial charge in [0.2, 0.25) is 0 Å². The van der Waals surface area contributed by atoms with E-state index in [1.54, 1.807) is 6.20 Å². The molecule has 3 heterocycles. The summed E-state index contributed by atoms with van der Waals surface area (Å²) in [7, 11) is 2.07. The molecule has 0 saturated carbocycles. The van der Waals surface area contributed by atoms with E-state index in [-0.39, 0.29) is 33.4 Å². The molecule has 14 heteroatoms. The molecule has 2 aliphatic rings. The Kier molecular flexibility index (Phi) is 9.99. The fourth-order valence-electron chi connectivity index (χ4n) is 5.45. The number of amides is 2. The van der Waals surface area contributed by atoms with E-state index in [2.05, 4.69) is 42.7 Å². The molecule has 44 heavy (non-hydrogen) atoms. The topological polar surface area (TPSA) is 134 Å². The highest BCUT2D eigenvalue weighted by Gasteiger charge is 2.24. The highest BCUT2D eigenvalue weighted by atomic mass is 35.5. The summed E-state index contributed by atoms with van der Waals surface area (Å²) < 4.78 is 21.2. The SMILES string of the molecule is Cc1c(F)c(N)cc(C(=O)Nc2c(N3CCN(C)CC3)ccc(-n3cc(C(=O)NCCCN4CCOCC4)nn3)c2C)c1Cl. The molecule has 0 atom stereocenters. The van der Waals surface area contributed by atoms with Crippen LogP contribution in [0.25, 0.3) is 5.69 Å². The Hall–Kier alpha value is -3.78. The van der Waals surface area contributed by atoms with Gasteiger partial charge in [-0.25, -0.2) is 9.07 Å². The van der Waals surface area contributed by atoms with Gasteiger partial charge in [-0.1, -0.05) is 16.8 Å². The number of likely N-dealkylation sites (N-methyl/N-ethyl adjacent to an activating group) is 1. The fourth-order valence-corrected chi connectivity index (χ4v) is 5.68. The number of ether oxygens (including phenoxy) is 1. The Labute approximate surface area is 261 Å². The molecule has 1 aromatic heterocycles.